The topological polar surface area (TPSA) is 36.3 Å². The van der Waals surface area contributed by atoms with Gasteiger partial charge in [0.05, 0.1) is 12.7 Å². The van der Waals surface area contributed by atoms with E-state index in [4.69, 9.17) is 10.00 Å². The van der Waals surface area contributed by atoms with Gasteiger partial charge in [-0.1, -0.05) is 0 Å². The van der Waals surface area contributed by atoms with E-state index in [9.17, 15) is 0 Å². The van der Waals surface area contributed by atoms with Crippen molar-refractivity contribution in [1.29, 1.82) is 5.26 Å². The molecule has 0 unspecified atom stereocenters. The number of methoxy groups -OCH3 is 1. The molecule has 1 aliphatic heterocycles. The summed E-state index contributed by atoms with van der Waals surface area (Å²) >= 11 is 1.70. The van der Waals surface area contributed by atoms with Gasteiger partial charge < -0.3 is 9.64 Å². The summed E-state index contributed by atoms with van der Waals surface area (Å²) in [5.74, 6) is 0. The van der Waals surface area contributed by atoms with Crippen molar-refractivity contribution >= 4 is 11.8 Å². The summed E-state index contributed by atoms with van der Waals surface area (Å²) in [7, 11) is 1.73. The Bertz CT molecular complexity index is 207. The van der Waals surface area contributed by atoms with E-state index in [1.165, 1.54) is 0 Å². The molecule has 1 saturated heterocycles. The van der Waals surface area contributed by atoms with Gasteiger partial charge in [0.25, 0.3) is 0 Å². The highest BCUT2D eigenvalue weighted by atomic mass is 32.2. The third-order valence-electron chi connectivity index (χ3n) is 2.87. The Balaban J connectivity index is 2.34. The minimum Gasteiger partial charge on any atom is -0.383 e. The van der Waals surface area contributed by atoms with Crippen molar-refractivity contribution in [2.45, 2.75) is 17.6 Å². The number of nitrogens with zero attached hydrogens (tertiary/aromatic N) is 2. The number of thioether (sulfide) groups is 1. The Kier molecular flexibility index (Phi) is 4.73. The zero-order valence-corrected chi connectivity index (χ0v) is 9.77. The number of ether oxygens (including phenoxy) is 1. The number of hydrogen-bond donors (Lipinski definition) is 0. The van der Waals surface area contributed by atoms with Gasteiger partial charge in [0.1, 0.15) is 4.75 Å². The number of likely N-dealkylation sites (tertiary alicyclic amines) is 1. The van der Waals surface area contributed by atoms with Gasteiger partial charge in [0.15, 0.2) is 0 Å². The zero-order chi connectivity index (χ0) is 10.4. The second-order valence-corrected chi connectivity index (χ2v) is 4.83. The lowest BCUT2D eigenvalue weighted by Crippen LogP contribution is -2.42. The SMILES string of the molecule is COCCN1CCC(C#N)(SC)CC1. The van der Waals surface area contributed by atoms with Crippen LogP contribution < -0.4 is 0 Å². The first-order chi connectivity index (χ1) is 6.76. The molecule has 80 valence electrons. The van der Waals surface area contributed by atoms with Crippen molar-refractivity contribution in [3.05, 3.63) is 0 Å². The molecule has 14 heavy (non-hydrogen) atoms. The van der Waals surface area contributed by atoms with E-state index in [1.807, 2.05) is 6.26 Å². The summed E-state index contributed by atoms with van der Waals surface area (Å²) in [5.41, 5.74) is 0. The summed E-state index contributed by atoms with van der Waals surface area (Å²) in [4.78, 5) is 2.37. The highest BCUT2D eigenvalue weighted by molar-refractivity contribution is 8.00. The Hall–Kier alpha value is -0.240. The molecule has 1 aliphatic rings. The van der Waals surface area contributed by atoms with Crippen molar-refractivity contribution in [2.24, 2.45) is 0 Å². The van der Waals surface area contributed by atoms with Gasteiger partial charge in [-0.2, -0.15) is 5.26 Å². The van der Waals surface area contributed by atoms with Crippen LogP contribution in [0.4, 0.5) is 0 Å². The predicted molar refractivity (Wildman–Crippen MR) is 59.4 cm³/mol. The van der Waals surface area contributed by atoms with Gasteiger partial charge in [0.2, 0.25) is 0 Å². The van der Waals surface area contributed by atoms with Crippen LogP contribution in [0, 0.1) is 11.3 Å². The normalized spacial score (nSPS) is 21.8. The minimum absolute atomic E-state index is 0.121. The molecule has 0 amide bonds. The fraction of sp³-hybridized carbons (Fsp3) is 0.900. The molecule has 1 rings (SSSR count). The van der Waals surface area contributed by atoms with Gasteiger partial charge in [-0.3, -0.25) is 0 Å². The molecular weight excluding hydrogens is 196 g/mol. The predicted octanol–water partition coefficient (Wildman–Crippen LogP) is 1.35. The molecule has 3 nitrogen and oxygen atoms in total. The molecule has 0 aromatic rings. The minimum atomic E-state index is -0.121. The molecule has 4 heteroatoms. The third kappa shape index (κ3) is 2.88. The van der Waals surface area contributed by atoms with E-state index in [0.717, 1.165) is 39.1 Å². The average Bonchev–Trinajstić information content (AvgIpc) is 2.27. The average molecular weight is 214 g/mol. The van der Waals surface area contributed by atoms with Crippen LogP contribution in [-0.2, 0) is 4.74 Å². The molecule has 0 aliphatic carbocycles. The Labute approximate surface area is 90.4 Å². The summed E-state index contributed by atoms with van der Waals surface area (Å²) in [6.07, 6.45) is 4.00. The first-order valence-electron chi connectivity index (χ1n) is 4.94. The van der Waals surface area contributed by atoms with E-state index in [0.29, 0.717) is 0 Å². The Morgan fingerprint density at radius 2 is 2.14 bits per heavy atom. The second kappa shape index (κ2) is 5.59. The van der Waals surface area contributed by atoms with Gasteiger partial charge in [-0.25, -0.2) is 0 Å². The first-order valence-corrected chi connectivity index (χ1v) is 6.16. The molecule has 1 fully saturated rings. The third-order valence-corrected chi connectivity index (χ3v) is 4.15. The molecule has 0 bridgehead atoms. The van der Waals surface area contributed by atoms with Crippen molar-refractivity contribution in [3.63, 3.8) is 0 Å². The van der Waals surface area contributed by atoms with Crippen molar-refractivity contribution in [3.8, 4) is 6.07 Å². The Morgan fingerprint density at radius 1 is 1.50 bits per heavy atom. The number of piperidine rings is 1. The lowest BCUT2D eigenvalue weighted by Gasteiger charge is -2.35. The molecule has 0 aromatic carbocycles. The maximum absolute atomic E-state index is 9.09. The molecule has 0 atom stereocenters. The van der Waals surface area contributed by atoms with E-state index in [-0.39, 0.29) is 4.75 Å². The summed E-state index contributed by atoms with van der Waals surface area (Å²) in [6, 6.07) is 2.45. The van der Waals surface area contributed by atoms with Crippen LogP contribution in [0.1, 0.15) is 12.8 Å². The van der Waals surface area contributed by atoms with Crippen LogP contribution in [0.3, 0.4) is 0 Å². The standard InChI is InChI=1S/C10H18N2OS/c1-13-8-7-12-5-3-10(9-11,14-2)4-6-12/h3-8H2,1-2H3. The summed E-state index contributed by atoms with van der Waals surface area (Å²) < 4.78 is 4.92. The van der Waals surface area contributed by atoms with Crippen LogP contribution in [0.15, 0.2) is 0 Å². The number of nitriles is 1. The summed E-state index contributed by atoms with van der Waals surface area (Å²) in [6.45, 7) is 3.83. The fourth-order valence-corrected chi connectivity index (χ4v) is 2.40. The fourth-order valence-electron chi connectivity index (χ4n) is 1.72. The number of hydrogen-bond acceptors (Lipinski definition) is 4. The van der Waals surface area contributed by atoms with Crippen molar-refractivity contribution in [2.75, 3.05) is 39.6 Å². The lowest BCUT2D eigenvalue weighted by atomic mass is 9.97. The van der Waals surface area contributed by atoms with E-state index in [2.05, 4.69) is 11.0 Å². The van der Waals surface area contributed by atoms with Crippen molar-refractivity contribution in [1.82, 2.24) is 4.90 Å². The van der Waals surface area contributed by atoms with Gasteiger partial charge in [0, 0.05) is 26.7 Å². The van der Waals surface area contributed by atoms with Crippen LogP contribution in [0.5, 0.6) is 0 Å². The van der Waals surface area contributed by atoms with Gasteiger partial charge >= 0.3 is 0 Å². The largest absolute Gasteiger partial charge is 0.383 e. The van der Waals surface area contributed by atoms with Crippen LogP contribution in [0.2, 0.25) is 0 Å². The highest BCUT2D eigenvalue weighted by Crippen LogP contribution is 2.33. The van der Waals surface area contributed by atoms with Crippen LogP contribution in [0.25, 0.3) is 0 Å². The van der Waals surface area contributed by atoms with Gasteiger partial charge in [-0.15, -0.1) is 11.8 Å². The number of rotatable bonds is 4. The Morgan fingerprint density at radius 3 is 2.57 bits per heavy atom. The van der Waals surface area contributed by atoms with E-state index in [1.54, 1.807) is 18.9 Å². The molecule has 1 heterocycles. The monoisotopic (exact) mass is 214 g/mol. The quantitative estimate of drug-likeness (QED) is 0.708. The maximum atomic E-state index is 9.09. The molecule has 0 spiro atoms. The zero-order valence-electron chi connectivity index (χ0n) is 8.95. The maximum Gasteiger partial charge on any atom is 0.104 e. The van der Waals surface area contributed by atoms with Crippen LogP contribution in [-0.4, -0.2) is 49.3 Å². The summed E-state index contributed by atoms with van der Waals surface area (Å²) in [5, 5.41) is 9.09. The molecular formula is C10H18N2OS. The lowest BCUT2D eigenvalue weighted by molar-refractivity contribution is 0.131. The van der Waals surface area contributed by atoms with Gasteiger partial charge in [-0.05, 0) is 19.1 Å². The van der Waals surface area contributed by atoms with E-state index >= 15 is 0 Å². The van der Waals surface area contributed by atoms with E-state index < -0.39 is 0 Å². The molecule has 0 radical (unpaired) electrons. The molecule has 0 saturated carbocycles. The smallest absolute Gasteiger partial charge is 0.104 e. The second-order valence-electron chi connectivity index (χ2n) is 3.64. The molecule has 0 N–H and O–H groups in total. The molecule has 0 aromatic heterocycles. The van der Waals surface area contributed by atoms with Crippen LogP contribution >= 0.6 is 11.8 Å². The highest BCUT2D eigenvalue weighted by Gasteiger charge is 2.33. The van der Waals surface area contributed by atoms with Crippen molar-refractivity contribution < 1.29 is 4.74 Å². The first kappa shape index (κ1) is 11.8.